The summed E-state index contributed by atoms with van der Waals surface area (Å²) in [5.74, 6) is 1.80. The summed E-state index contributed by atoms with van der Waals surface area (Å²) in [5, 5.41) is 17.1. The monoisotopic (exact) mass is 276 g/mol. The normalized spacial score (nSPS) is 10.7. The molecule has 0 aromatic carbocycles. The number of aliphatic hydroxyl groups is 1. The Hall–Kier alpha value is -0.220. The van der Waals surface area contributed by atoms with Gasteiger partial charge in [0.2, 0.25) is 0 Å². The van der Waals surface area contributed by atoms with Crippen LogP contribution in [0.5, 0.6) is 0 Å². The Labute approximate surface area is 115 Å². The van der Waals surface area contributed by atoms with E-state index >= 15 is 0 Å². The average molecular weight is 276 g/mol. The molecule has 0 unspecified atom stereocenters. The van der Waals surface area contributed by atoms with Gasteiger partial charge in [-0.2, -0.15) is 11.8 Å². The Morgan fingerprint density at radius 3 is 1.83 bits per heavy atom. The molecule has 0 fully saturated rings. The highest BCUT2D eigenvalue weighted by Crippen LogP contribution is 2.12. The number of aliphatic carboxylic acids is 1. The van der Waals surface area contributed by atoms with Crippen LogP contribution in [0.2, 0.25) is 0 Å². The second-order valence-corrected chi connectivity index (χ2v) is 5.89. The van der Waals surface area contributed by atoms with Crippen LogP contribution in [-0.2, 0) is 4.79 Å². The van der Waals surface area contributed by atoms with Crippen LogP contribution in [0.4, 0.5) is 0 Å². The van der Waals surface area contributed by atoms with Gasteiger partial charge in [0.1, 0.15) is 0 Å². The van der Waals surface area contributed by atoms with Gasteiger partial charge in [-0.1, -0.05) is 32.1 Å². The molecule has 2 N–H and O–H groups in total. The fraction of sp³-hybridized carbons (Fsp3) is 0.929. The first-order valence-corrected chi connectivity index (χ1v) is 8.33. The molecule has 0 aromatic heterocycles. The van der Waals surface area contributed by atoms with Crippen molar-refractivity contribution in [1.29, 1.82) is 0 Å². The predicted octanol–water partition coefficient (Wildman–Crippen LogP) is 3.70. The summed E-state index contributed by atoms with van der Waals surface area (Å²) in [4.78, 5) is 10.3. The summed E-state index contributed by atoms with van der Waals surface area (Å²) in [6.45, 7) is 0.328. The quantitative estimate of drug-likeness (QED) is 0.475. The summed E-state index contributed by atoms with van der Waals surface area (Å²) < 4.78 is 0. The van der Waals surface area contributed by atoms with Gasteiger partial charge in [0.05, 0.1) is 0 Å². The zero-order valence-electron chi connectivity index (χ0n) is 11.4. The fourth-order valence-corrected chi connectivity index (χ4v) is 2.80. The van der Waals surface area contributed by atoms with Gasteiger partial charge in [0.15, 0.2) is 0 Å². The summed E-state index contributed by atoms with van der Waals surface area (Å²) in [5.41, 5.74) is 0. The first-order chi connectivity index (χ1) is 8.77. The second kappa shape index (κ2) is 14.8. The number of carbonyl (C=O) groups is 1. The molecular weight excluding hydrogens is 248 g/mol. The third-order valence-electron chi connectivity index (χ3n) is 2.88. The minimum Gasteiger partial charge on any atom is -0.481 e. The average Bonchev–Trinajstić information content (AvgIpc) is 2.34. The van der Waals surface area contributed by atoms with E-state index < -0.39 is 5.97 Å². The Balaban J connectivity index is 2.92. The number of rotatable bonds is 14. The van der Waals surface area contributed by atoms with Gasteiger partial charge in [-0.3, -0.25) is 4.79 Å². The van der Waals surface area contributed by atoms with E-state index in [9.17, 15) is 4.79 Å². The Bertz CT molecular complexity index is 186. The van der Waals surface area contributed by atoms with Crippen molar-refractivity contribution in [2.45, 2.75) is 64.2 Å². The van der Waals surface area contributed by atoms with Crippen molar-refractivity contribution in [3.05, 3.63) is 0 Å². The molecule has 0 saturated carbocycles. The van der Waals surface area contributed by atoms with Crippen LogP contribution >= 0.6 is 11.8 Å². The molecule has 0 amide bonds. The Kier molecular flexibility index (Phi) is 14.7. The molecular formula is C14H28O3S. The maximum absolute atomic E-state index is 10.3. The summed E-state index contributed by atoms with van der Waals surface area (Å²) in [6, 6.07) is 0. The van der Waals surface area contributed by atoms with E-state index in [1.807, 2.05) is 11.8 Å². The number of thioether (sulfide) groups is 1. The third kappa shape index (κ3) is 15.8. The van der Waals surface area contributed by atoms with Crippen molar-refractivity contribution in [1.82, 2.24) is 0 Å². The number of carboxylic acids is 1. The van der Waals surface area contributed by atoms with Gasteiger partial charge in [0, 0.05) is 13.0 Å². The molecule has 0 aromatic rings. The molecule has 18 heavy (non-hydrogen) atoms. The first kappa shape index (κ1) is 17.8. The lowest BCUT2D eigenvalue weighted by Gasteiger charge is -2.02. The largest absolute Gasteiger partial charge is 0.481 e. The van der Waals surface area contributed by atoms with E-state index in [2.05, 4.69) is 0 Å². The van der Waals surface area contributed by atoms with Gasteiger partial charge in [-0.05, 0) is 37.2 Å². The van der Waals surface area contributed by atoms with Gasteiger partial charge >= 0.3 is 5.97 Å². The predicted molar refractivity (Wildman–Crippen MR) is 78.2 cm³/mol. The van der Waals surface area contributed by atoms with Gasteiger partial charge in [-0.25, -0.2) is 0 Å². The Morgan fingerprint density at radius 2 is 1.28 bits per heavy atom. The lowest BCUT2D eigenvalue weighted by molar-refractivity contribution is -0.137. The van der Waals surface area contributed by atoms with Crippen molar-refractivity contribution >= 4 is 17.7 Å². The van der Waals surface area contributed by atoms with Gasteiger partial charge < -0.3 is 10.2 Å². The molecule has 3 nitrogen and oxygen atoms in total. The summed E-state index contributed by atoms with van der Waals surface area (Å²) >= 11 is 2.02. The minimum absolute atomic E-state index is 0.322. The van der Waals surface area contributed by atoms with Crippen molar-refractivity contribution in [3.63, 3.8) is 0 Å². The maximum Gasteiger partial charge on any atom is 0.303 e. The molecule has 4 heteroatoms. The molecule has 0 aliphatic carbocycles. The van der Waals surface area contributed by atoms with Crippen molar-refractivity contribution < 1.29 is 15.0 Å². The van der Waals surface area contributed by atoms with Crippen LogP contribution in [0.1, 0.15) is 64.2 Å². The summed E-state index contributed by atoms with van der Waals surface area (Å²) in [7, 11) is 0. The van der Waals surface area contributed by atoms with Gasteiger partial charge in [0.25, 0.3) is 0 Å². The topological polar surface area (TPSA) is 57.5 Å². The standard InChI is InChI=1S/C14H28O3S/c15-11-7-3-5-9-13-18-12-8-4-1-2-6-10-14(16)17/h15H,1-13H2,(H,16,17). The van der Waals surface area contributed by atoms with Crippen molar-refractivity contribution in [3.8, 4) is 0 Å². The number of hydrogen-bond acceptors (Lipinski definition) is 3. The van der Waals surface area contributed by atoms with Crippen molar-refractivity contribution in [2.75, 3.05) is 18.1 Å². The molecule has 108 valence electrons. The molecule has 0 rings (SSSR count). The Morgan fingerprint density at radius 1 is 0.778 bits per heavy atom. The fourth-order valence-electron chi connectivity index (χ4n) is 1.78. The van der Waals surface area contributed by atoms with Crippen molar-refractivity contribution in [2.24, 2.45) is 0 Å². The molecule has 0 heterocycles. The molecule has 0 bridgehead atoms. The van der Waals surface area contributed by atoms with Crippen LogP contribution in [0, 0.1) is 0 Å². The summed E-state index contributed by atoms with van der Waals surface area (Å²) in [6.07, 6.45) is 10.5. The third-order valence-corrected chi connectivity index (χ3v) is 4.03. The second-order valence-electron chi connectivity index (χ2n) is 4.66. The zero-order valence-corrected chi connectivity index (χ0v) is 12.2. The van der Waals surface area contributed by atoms with E-state index in [0.29, 0.717) is 13.0 Å². The van der Waals surface area contributed by atoms with E-state index in [1.165, 1.54) is 43.6 Å². The molecule has 0 atom stereocenters. The molecule has 0 aliphatic rings. The molecule has 0 saturated heterocycles. The number of unbranched alkanes of at least 4 members (excludes halogenated alkanes) is 7. The molecule has 0 spiro atoms. The minimum atomic E-state index is -0.674. The highest BCUT2D eigenvalue weighted by molar-refractivity contribution is 7.99. The van der Waals surface area contributed by atoms with Crippen LogP contribution in [0.25, 0.3) is 0 Å². The van der Waals surface area contributed by atoms with Crippen LogP contribution in [0.3, 0.4) is 0 Å². The van der Waals surface area contributed by atoms with E-state index in [0.717, 1.165) is 25.7 Å². The lowest BCUT2D eigenvalue weighted by Crippen LogP contribution is -1.93. The van der Waals surface area contributed by atoms with E-state index in [1.54, 1.807) is 0 Å². The number of hydrogen-bond donors (Lipinski definition) is 2. The van der Waals surface area contributed by atoms with Crippen LogP contribution in [-0.4, -0.2) is 34.3 Å². The maximum atomic E-state index is 10.3. The smallest absolute Gasteiger partial charge is 0.303 e. The SMILES string of the molecule is O=C(O)CCCCCCCSCCCCCCO. The first-order valence-electron chi connectivity index (χ1n) is 7.17. The van der Waals surface area contributed by atoms with E-state index in [-0.39, 0.29) is 0 Å². The lowest BCUT2D eigenvalue weighted by atomic mass is 10.1. The number of aliphatic hydroxyl groups excluding tert-OH is 1. The van der Waals surface area contributed by atoms with Crippen LogP contribution in [0.15, 0.2) is 0 Å². The van der Waals surface area contributed by atoms with Crippen LogP contribution < -0.4 is 0 Å². The van der Waals surface area contributed by atoms with E-state index in [4.69, 9.17) is 10.2 Å². The zero-order chi connectivity index (χ0) is 13.5. The number of carboxylic acid groups (broad SMARTS) is 1. The van der Waals surface area contributed by atoms with Gasteiger partial charge in [-0.15, -0.1) is 0 Å². The molecule has 0 aliphatic heterocycles. The highest BCUT2D eigenvalue weighted by Gasteiger charge is 1.96. The highest BCUT2D eigenvalue weighted by atomic mass is 32.2. The molecule has 0 radical (unpaired) electrons.